The van der Waals surface area contributed by atoms with E-state index >= 15 is 0 Å². The lowest BCUT2D eigenvalue weighted by molar-refractivity contribution is 0.502. The lowest BCUT2D eigenvalue weighted by atomic mass is 9.92. The van der Waals surface area contributed by atoms with Crippen molar-refractivity contribution < 1.29 is 0 Å². The van der Waals surface area contributed by atoms with E-state index in [1.54, 1.807) is 0 Å². The van der Waals surface area contributed by atoms with Crippen LogP contribution in [0.25, 0.3) is 0 Å². The standard InChI is InChI=1S/C11H19N3/c1-11(2,3)9-8-10-13(4)6-5-7-14(10)12-9/h8H,5-7H2,1-4H3. The van der Waals surface area contributed by atoms with Gasteiger partial charge in [0.25, 0.3) is 0 Å². The number of hydrogen-bond acceptors (Lipinski definition) is 2. The monoisotopic (exact) mass is 193 g/mol. The highest BCUT2D eigenvalue weighted by Crippen LogP contribution is 2.27. The van der Waals surface area contributed by atoms with Crippen LogP contribution in [-0.4, -0.2) is 23.4 Å². The third kappa shape index (κ3) is 1.51. The van der Waals surface area contributed by atoms with E-state index in [2.05, 4.69) is 48.6 Å². The summed E-state index contributed by atoms with van der Waals surface area (Å²) in [5.74, 6) is 1.26. The van der Waals surface area contributed by atoms with Gasteiger partial charge in [0, 0.05) is 31.6 Å². The van der Waals surface area contributed by atoms with Crippen molar-refractivity contribution in [1.29, 1.82) is 0 Å². The maximum Gasteiger partial charge on any atom is 0.126 e. The molecule has 0 amide bonds. The third-order valence-electron chi connectivity index (χ3n) is 2.78. The summed E-state index contributed by atoms with van der Waals surface area (Å²) in [7, 11) is 2.14. The van der Waals surface area contributed by atoms with Gasteiger partial charge < -0.3 is 4.90 Å². The summed E-state index contributed by atoms with van der Waals surface area (Å²) in [4.78, 5) is 2.28. The summed E-state index contributed by atoms with van der Waals surface area (Å²) >= 11 is 0. The molecule has 0 aromatic carbocycles. The molecule has 3 heteroatoms. The number of nitrogens with zero attached hydrogens (tertiary/aromatic N) is 3. The fourth-order valence-corrected chi connectivity index (χ4v) is 1.82. The Labute approximate surface area is 85.7 Å². The minimum atomic E-state index is 0.158. The highest BCUT2D eigenvalue weighted by molar-refractivity contribution is 5.42. The van der Waals surface area contributed by atoms with E-state index in [9.17, 15) is 0 Å². The maximum absolute atomic E-state index is 4.65. The van der Waals surface area contributed by atoms with Gasteiger partial charge in [-0.05, 0) is 6.42 Å². The summed E-state index contributed by atoms with van der Waals surface area (Å²) in [5, 5.41) is 4.65. The lowest BCUT2D eigenvalue weighted by Crippen LogP contribution is -2.28. The van der Waals surface area contributed by atoms with Crippen molar-refractivity contribution in [1.82, 2.24) is 9.78 Å². The number of aryl methyl sites for hydroxylation is 1. The van der Waals surface area contributed by atoms with Crippen molar-refractivity contribution in [2.45, 2.75) is 39.2 Å². The van der Waals surface area contributed by atoms with Crippen molar-refractivity contribution in [3.05, 3.63) is 11.8 Å². The molecule has 0 unspecified atom stereocenters. The van der Waals surface area contributed by atoms with Crippen LogP contribution in [0, 0.1) is 0 Å². The number of aromatic nitrogens is 2. The van der Waals surface area contributed by atoms with Crippen LogP contribution in [0.15, 0.2) is 6.07 Å². The molecule has 1 aromatic heterocycles. The fraction of sp³-hybridized carbons (Fsp3) is 0.727. The van der Waals surface area contributed by atoms with Crippen LogP contribution >= 0.6 is 0 Å². The van der Waals surface area contributed by atoms with Gasteiger partial charge in [-0.1, -0.05) is 20.8 Å². The molecule has 0 fully saturated rings. The third-order valence-corrected chi connectivity index (χ3v) is 2.78. The summed E-state index contributed by atoms with van der Waals surface area (Å²) in [6.45, 7) is 8.84. The Bertz CT molecular complexity index is 333. The topological polar surface area (TPSA) is 21.1 Å². The minimum absolute atomic E-state index is 0.158. The van der Waals surface area contributed by atoms with E-state index in [0.717, 1.165) is 13.1 Å². The van der Waals surface area contributed by atoms with Gasteiger partial charge in [-0.25, -0.2) is 4.68 Å². The number of anilines is 1. The average Bonchev–Trinajstić information content (AvgIpc) is 2.48. The number of hydrogen-bond donors (Lipinski definition) is 0. The second kappa shape index (κ2) is 3.01. The van der Waals surface area contributed by atoms with Crippen LogP contribution in [0.5, 0.6) is 0 Å². The molecule has 0 N–H and O–H groups in total. The van der Waals surface area contributed by atoms with Crippen LogP contribution in [0.3, 0.4) is 0 Å². The van der Waals surface area contributed by atoms with E-state index < -0.39 is 0 Å². The van der Waals surface area contributed by atoms with E-state index in [1.807, 2.05) is 0 Å². The van der Waals surface area contributed by atoms with Gasteiger partial charge in [-0.3, -0.25) is 0 Å². The second-order valence-electron chi connectivity index (χ2n) is 5.14. The molecular weight excluding hydrogens is 174 g/mol. The highest BCUT2D eigenvalue weighted by atomic mass is 15.4. The Kier molecular flexibility index (Phi) is 2.05. The Balaban J connectivity index is 2.40. The van der Waals surface area contributed by atoms with Gasteiger partial charge in [0.1, 0.15) is 5.82 Å². The molecule has 2 rings (SSSR count). The SMILES string of the molecule is CN1CCCn2nc(C(C)(C)C)cc21. The van der Waals surface area contributed by atoms with Gasteiger partial charge >= 0.3 is 0 Å². The molecule has 78 valence electrons. The summed E-state index contributed by atoms with van der Waals surface area (Å²) in [5.41, 5.74) is 1.35. The quantitative estimate of drug-likeness (QED) is 0.628. The van der Waals surface area contributed by atoms with Crippen LogP contribution in [0.1, 0.15) is 32.9 Å². The normalized spacial score (nSPS) is 17.0. The molecule has 2 heterocycles. The summed E-state index contributed by atoms with van der Waals surface area (Å²) in [6, 6.07) is 2.22. The Morgan fingerprint density at radius 2 is 2.00 bits per heavy atom. The molecule has 0 saturated carbocycles. The largest absolute Gasteiger partial charge is 0.360 e. The number of rotatable bonds is 0. The van der Waals surface area contributed by atoms with Crippen molar-refractivity contribution in [3.8, 4) is 0 Å². The zero-order chi connectivity index (χ0) is 10.3. The van der Waals surface area contributed by atoms with Crippen LogP contribution in [-0.2, 0) is 12.0 Å². The van der Waals surface area contributed by atoms with Crippen LogP contribution < -0.4 is 4.90 Å². The molecule has 3 nitrogen and oxygen atoms in total. The predicted molar refractivity (Wildman–Crippen MR) is 58.8 cm³/mol. The van der Waals surface area contributed by atoms with Gasteiger partial charge in [-0.2, -0.15) is 5.10 Å². The van der Waals surface area contributed by atoms with E-state index in [1.165, 1.54) is 17.9 Å². The molecular formula is C11H19N3. The first-order valence-electron chi connectivity index (χ1n) is 5.28. The van der Waals surface area contributed by atoms with E-state index in [0.29, 0.717) is 0 Å². The molecule has 0 bridgehead atoms. The predicted octanol–water partition coefficient (Wildman–Crippen LogP) is 2.02. The average molecular weight is 193 g/mol. The second-order valence-corrected chi connectivity index (χ2v) is 5.14. The molecule has 0 aliphatic carbocycles. The fourth-order valence-electron chi connectivity index (χ4n) is 1.82. The zero-order valence-corrected chi connectivity index (χ0v) is 9.54. The van der Waals surface area contributed by atoms with Gasteiger partial charge in [0.2, 0.25) is 0 Å². The molecule has 0 atom stereocenters. The summed E-state index contributed by atoms with van der Waals surface area (Å²) < 4.78 is 2.13. The number of fused-ring (bicyclic) bond motifs is 1. The van der Waals surface area contributed by atoms with Crippen molar-refractivity contribution in [3.63, 3.8) is 0 Å². The molecule has 0 radical (unpaired) electrons. The molecule has 1 aliphatic heterocycles. The molecule has 1 aromatic rings. The first-order valence-corrected chi connectivity index (χ1v) is 5.28. The van der Waals surface area contributed by atoms with Crippen molar-refractivity contribution >= 4 is 5.82 Å². The van der Waals surface area contributed by atoms with Crippen LogP contribution in [0.4, 0.5) is 5.82 Å². The van der Waals surface area contributed by atoms with Gasteiger partial charge in [0.05, 0.1) is 5.69 Å². The van der Waals surface area contributed by atoms with E-state index in [4.69, 9.17) is 0 Å². The Hall–Kier alpha value is -0.990. The first-order chi connectivity index (χ1) is 6.48. The lowest BCUT2D eigenvalue weighted by Gasteiger charge is -2.24. The van der Waals surface area contributed by atoms with Crippen molar-refractivity contribution in [2.75, 3.05) is 18.5 Å². The highest BCUT2D eigenvalue weighted by Gasteiger charge is 2.22. The summed E-state index contributed by atoms with van der Waals surface area (Å²) in [6.07, 6.45) is 1.20. The molecule has 14 heavy (non-hydrogen) atoms. The Morgan fingerprint density at radius 1 is 1.29 bits per heavy atom. The molecule has 0 spiro atoms. The van der Waals surface area contributed by atoms with E-state index in [-0.39, 0.29) is 5.41 Å². The van der Waals surface area contributed by atoms with Gasteiger partial charge in [0.15, 0.2) is 0 Å². The van der Waals surface area contributed by atoms with Crippen LogP contribution in [0.2, 0.25) is 0 Å². The Morgan fingerprint density at radius 3 is 2.57 bits per heavy atom. The van der Waals surface area contributed by atoms with Gasteiger partial charge in [-0.15, -0.1) is 0 Å². The molecule has 1 aliphatic rings. The smallest absolute Gasteiger partial charge is 0.126 e. The first kappa shape index (κ1) is 9.56. The molecule has 0 saturated heterocycles. The maximum atomic E-state index is 4.65. The zero-order valence-electron chi connectivity index (χ0n) is 9.54. The van der Waals surface area contributed by atoms with Crippen molar-refractivity contribution in [2.24, 2.45) is 0 Å². The minimum Gasteiger partial charge on any atom is -0.360 e.